The Morgan fingerprint density at radius 2 is 2.12 bits per heavy atom. The minimum atomic E-state index is -0.415. The molecule has 1 atom stereocenters. The van der Waals surface area contributed by atoms with Gasteiger partial charge in [0.1, 0.15) is 5.60 Å². The van der Waals surface area contributed by atoms with Gasteiger partial charge in [-0.05, 0) is 13.8 Å². The van der Waals surface area contributed by atoms with Crippen LogP contribution in [-0.4, -0.2) is 17.3 Å². The van der Waals surface area contributed by atoms with Crippen molar-refractivity contribution in [2.24, 2.45) is 0 Å². The molecule has 0 fully saturated rings. The van der Waals surface area contributed by atoms with E-state index in [-0.39, 0.29) is 5.60 Å². The molecule has 1 aromatic rings. The van der Waals surface area contributed by atoms with Crippen LogP contribution in [0.1, 0.15) is 37.5 Å². The lowest BCUT2D eigenvalue weighted by Crippen LogP contribution is -2.25. The number of benzene rings is 1. The third-order valence-electron chi connectivity index (χ3n) is 3.22. The average molecular weight is 220 g/mol. The standard InChI is InChI=1S/C13H16O3/c1-13(2)7-8-3-4-9-10(14)5-6-15-12(9)11(8)16-13/h3-4,10,14H,5-7H2,1-2H3/t10-/m0/s1. The molecule has 86 valence electrons. The van der Waals surface area contributed by atoms with Crippen molar-refractivity contribution >= 4 is 0 Å². The monoisotopic (exact) mass is 220 g/mol. The van der Waals surface area contributed by atoms with Crippen LogP contribution in [0.2, 0.25) is 0 Å². The molecule has 0 unspecified atom stereocenters. The Balaban J connectivity index is 2.11. The third-order valence-corrected chi connectivity index (χ3v) is 3.22. The molecule has 3 nitrogen and oxygen atoms in total. The second kappa shape index (κ2) is 3.14. The highest BCUT2D eigenvalue weighted by atomic mass is 16.5. The molecule has 0 aromatic heterocycles. The van der Waals surface area contributed by atoms with Gasteiger partial charge in [-0.1, -0.05) is 12.1 Å². The zero-order chi connectivity index (χ0) is 11.3. The van der Waals surface area contributed by atoms with Crippen molar-refractivity contribution in [2.45, 2.75) is 38.4 Å². The van der Waals surface area contributed by atoms with Crippen LogP contribution < -0.4 is 9.47 Å². The molecule has 2 aliphatic rings. The molecule has 0 bridgehead atoms. The Morgan fingerprint density at radius 3 is 2.94 bits per heavy atom. The summed E-state index contributed by atoms with van der Waals surface area (Å²) < 4.78 is 11.5. The number of hydrogen-bond donors (Lipinski definition) is 1. The molecule has 0 spiro atoms. The minimum absolute atomic E-state index is 0.163. The molecule has 3 heteroatoms. The first-order chi connectivity index (χ1) is 7.57. The second-order valence-electron chi connectivity index (χ2n) is 5.16. The van der Waals surface area contributed by atoms with E-state index in [4.69, 9.17) is 9.47 Å². The zero-order valence-electron chi connectivity index (χ0n) is 9.62. The van der Waals surface area contributed by atoms with Crippen molar-refractivity contribution in [3.05, 3.63) is 23.3 Å². The summed E-state index contributed by atoms with van der Waals surface area (Å²) in [7, 11) is 0. The fourth-order valence-electron chi connectivity index (χ4n) is 2.48. The lowest BCUT2D eigenvalue weighted by Gasteiger charge is -2.24. The molecule has 2 heterocycles. The number of aliphatic hydroxyl groups is 1. The van der Waals surface area contributed by atoms with Gasteiger partial charge in [0.15, 0.2) is 11.5 Å². The van der Waals surface area contributed by atoms with Crippen molar-refractivity contribution in [1.82, 2.24) is 0 Å². The highest BCUT2D eigenvalue weighted by molar-refractivity contribution is 5.56. The average Bonchev–Trinajstić information content (AvgIpc) is 2.53. The molecule has 0 saturated heterocycles. The van der Waals surface area contributed by atoms with Crippen LogP contribution in [0, 0.1) is 0 Å². The fraction of sp³-hybridized carbons (Fsp3) is 0.538. The third kappa shape index (κ3) is 1.39. The molecule has 0 radical (unpaired) electrons. The van der Waals surface area contributed by atoms with Crippen LogP contribution in [-0.2, 0) is 6.42 Å². The molecule has 0 aliphatic carbocycles. The first-order valence-electron chi connectivity index (χ1n) is 5.72. The van der Waals surface area contributed by atoms with Crippen LogP contribution >= 0.6 is 0 Å². The Hall–Kier alpha value is -1.22. The van der Waals surface area contributed by atoms with E-state index in [9.17, 15) is 5.11 Å². The Labute approximate surface area is 95.0 Å². The second-order valence-corrected chi connectivity index (χ2v) is 5.16. The van der Waals surface area contributed by atoms with Crippen molar-refractivity contribution in [3.63, 3.8) is 0 Å². The molecular weight excluding hydrogens is 204 g/mol. The van der Waals surface area contributed by atoms with Crippen LogP contribution in [0.4, 0.5) is 0 Å². The molecular formula is C13H16O3. The van der Waals surface area contributed by atoms with Crippen molar-refractivity contribution in [3.8, 4) is 11.5 Å². The fourth-order valence-corrected chi connectivity index (χ4v) is 2.48. The summed E-state index contributed by atoms with van der Waals surface area (Å²) in [6.45, 7) is 4.70. The summed E-state index contributed by atoms with van der Waals surface area (Å²) in [4.78, 5) is 0. The van der Waals surface area contributed by atoms with Gasteiger partial charge in [-0.15, -0.1) is 0 Å². The maximum atomic E-state index is 9.89. The number of hydrogen-bond acceptors (Lipinski definition) is 3. The van der Waals surface area contributed by atoms with Gasteiger partial charge in [0.05, 0.1) is 12.7 Å². The SMILES string of the molecule is CC1(C)Cc2ccc3c(c2O1)OCC[C@@H]3O. The van der Waals surface area contributed by atoms with Gasteiger partial charge in [0.2, 0.25) is 0 Å². The molecule has 0 amide bonds. The summed E-state index contributed by atoms with van der Waals surface area (Å²) >= 11 is 0. The summed E-state index contributed by atoms with van der Waals surface area (Å²) in [5, 5.41) is 9.89. The lowest BCUT2D eigenvalue weighted by atomic mass is 9.97. The summed E-state index contributed by atoms with van der Waals surface area (Å²) in [6.07, 6.45) is 1.14. The first-order valence-corrected chi connectivity index (χ1v) is 5.72. The van der Waals surface area contributed by atoms with E-state index in [1.54, 1.807) is 0 Å². The van der Waals surface area contributed by atoms with Crippen LogP contribution in [0.25, 0.3) is 0 Å². The summed E-state index contributed by atoms with van der Waals surface area (Å²) in [5.41, 5.74) is 1.88. The summed E-state index contributed by atoms with van der Waals surface area (Å²) in [5.74, 6) is 1.59. The van der Waals surface area contributed by atoms with Gasteiger partial charge < -0.3 is 14.6 Å². The van der Waals surface area contributed by atoms with E-state index >= 15 is 0 Å². The van der Waals surface area contributed by atoms with Crippen LogP contribution in [0.15, 0.2) is 12.1 Å². The van der Waals surface area contributed by atoms with Gasteiger partial charge in [0, 0.05) is 24.0 Å². The number of fused-ring (bicyclic) bond motifs is 3. The quantitative estimate of drug-likeness (QED) is 0.728. The normalized spacial score (nSPS) is 25.3. The van der Waals surface area contributed by atoms with Crippen LogP contribution in [0.5, 0.6) is 11.5 Å². The molecule has 0 saturated carbocycles. The maximum absolute atomic E-state index is 9.89. The van der Waals surface area contributed by atoms with E-state index in [2.05, 4.69) is 13.8 Å². The Bertz CT molecular complexity index is 437. The van der Waals surface area contributed by atoms with Crippen LogP contribution in [0.3, 0.4) is 0 Å². The van der Waals surface area contributed by atoms with Crippen molar-refractivity contribution in [1.29, 1.82) is 0 Å². The first kappa shape index (κ1) is 9.97. The zero-order valence-corrected chi connectivity index (χ0v) is 9.62. The smallest absolute Gasteiger partial charge is 0.167 e. The predicted molar refractivity (Wildman–Crippen MR) is 59.9 cm³/mol. The summed E-state index contributed by atoms with van der Waals surface area (Å²) in [6, 6.07) is 4.00. The highest BCUT2D eigenvalue weighted by Crippen LogP contribution is 2.47. The van der Waals surface area contributed by atoms with Crippen molar-refractivity contribution in [2.75, 3.05) is 6.61 Å². The van der Waals surface area contributed by atoms with E-state index < -0.39 is 6.10 Å². The topological polar surface area (TPSA) is 38.7 Å². The van der Waals surface area contributed by atoms with E-state index in [1.165, 1.54) is 5.56 Å². The number of ether oxygens (including phenoxy) is 2. The van der Waals surface area contributed by atoms with Gasteiger partial charge in [-0.2, -0.15) is 0 Å². The number of rotatable bonds is 0. The molecule has 1 aromatic carbocycles. The lowest BCUT2D eigenvalue weighted by molar-refractivity contribution is 0.101. The van der Waals surface area contributed by atoms with Gasteiger partial charge in [-0.25, -0.2) is 0 Å². The molecule has 1 N–H and O–H groups in total. The maximum Gasteiger partial charge on any atom is 0.167 e. The van der Waals surface area contributed by atoms with E-state index in [1.807, 2.05) is 12.1 Å². The molecule has 3 rings (SSSR count). The largest absolute Gasteiger partial charge is 0.489 e. The van der Waals surface area contributed by atoms with Gasteiger partial charge in [-0.3, -0.25) is 0 Å². The van der Waals surface area contributed by atoms with E-state index in [0.717, 1.165) is 23.5 Å². The molecule has 2 aliphatic heterocycles. The minimum Gasteiger partial charge on any atom is -0.489 e. The van der Waals surface area contributed by atoms with Gasteiger partial charge in [0.25, 0.3) is 0 Å². The Morgan fingerprint density at radius 1 is 1.31 bits per heavy atom. The predicted octanol–water partition coefficient (Wildman–Crippen LogP) is 2.22. The highest BCUT2D eigenvalue weighted by Gasteiger charge is 2.35. The van der Waals surface area contributed by atoms with Crippen molar-refractivity contribution < 1.29 is 14.6 Å². The Kier molecular flexibility index (Phi) is 1.96. The number of aliphatic hydroxyl groups excluding tert-OH is 1. The van der Waals surface area contributed by atoms with Gasteiger partial charge >= 0.3 is 0 Å². The van der Waals surface area contributed by atoms with E-state index in [0.29, 0.717) is 13.0 Å². The molecule has 16 heavy (non-hydrogen) atoms.